The normalized spacial score (nSPS) is 23.5. The van der Waals surface area contributed by atoms with Gasteiger partial charge in [-0.15, -0.1) is 0 Å². The number of carbonyl (C=O) groups is 3. The van der Waals surface area contributed by atoms with E-state index in [1.807, 2.05) is 46.6 Å². The number of likely N-dealkylation sites (N-methyl/N-ethyl adjacent to an activating group) is 1. The van der Waals surface area contributed by atoms with Crippen LogP contribution in [0.4, 0.5) is 10.5 Å². The molecular formula is C33H54N4O6. The van der Waals surface area contributed by atoms with Gasteiger partial charge in [0.1, 0.15) is 5.75 Å². The fourth-order valence-corrected chi connectivity index (χ4v) is 5.91. The second-order valence-electron chi connectivity index (χ2n) is 12.8. The van der Waals surface area contributed by atoms with E-state index in [9.17, 15) is 19.5 Å². The molecule has 1 fully saturated rings. The highest BCUT2D eigenvalue weighted by molar-refractivity contribution is 5.99. The summed E-state index contributed by atoms with van der Waals surface area (Å²) in [5, 5.41) is 15.8. The topological polar surface area (TPSA) is 120 Å². The third kappa shape index (κ3) is 10.4. The van der Waals surface area contributed by atoms with Crippen LogP contribution in [0.1, 0.15) is 96.3 Å². The van der Waals surface area contributed by atoms with Gasteiger partial charge in [-0.3, -0.25) is 9.59 Å². The zero-order valence-corrected chi connectivity index (χ0v) is 27.1. The van der Waals surface area contributed by atoms with Crippen molar-refractivity contribution in [2.45, 2.75) is 110 Å². The second-order valence-corrected chi connectivity index (χ2v) is 12.8. The number of aliphatic hydroxyl groups excluding tert-OH is 1. The van der Waals surface area contributed by atoms with Crippen LogP contribution < -0.4 is 15.4 Å². The molecule has 3 N–H and O–H groups in total. The number of carbonyl (C=O) groups excluding carboxylic acids is 3. The Morgan fingerprint density at radius 3 is 2.44 bits per heavy atom. The first-order valence-corrected chi connectivity index (χ1v) is 16.2. The first-order valence-electron chi connectivity index (χ1n) is 16.2. The summed E-state index contributed by atoms with van der Waals surface area (Å²) in [7, 11) is 1.86. The smallest absolute Gasteiger partial charge is 0.319 e. The zero-order valence-electron chi connectivity index (χ0n) is 27.1. The Labute approximate surface area is 257 Å². The van der Waals surface area contributed by atoms with E-state index in [1.54, 1.807) is 23.1 Å². The van der Waals surface area contributed by atoms with E-state index in [1.165, 1.54) is 6.42 Å². The zero-order chi connectivity index (χ0) is 31.5. The molecule has 10 nitrogen and oxygen atoms in total. The van der Waals surface area contributed by atoms with Gasteiger partial charge in [-0.05, 0) is 78.0 Å². The largest absolute Gasteiger partial charge is 0.490 e. The van der Waals surface area contributed by atoms with Crippen LogP contribution in [-0.2, 0) is 9.53 Å². The van der Waals surface area contributed by atoms with Gasteiger partial charge < -0.3 is 35.0 Å². The minimum Gasteiger partial charge on any atom is -0.490 e. The maximum atomic E-state index is 14.2. The Hall–Kier alpha value is -2.85. The molecule has 1 aliphatic heterocycles. The minimum absolute atomic E-state index is 0.0438. The van der Waals surface area contributed by atoms with Crippen molar-refractivity contribution in [3.8, 4) is 5.75 Å². The fourth-order valence-electron chi connectivity index (χ4n) is 5.91. The Morgan fingerprint density at radius 2 is 1.77 bits per heavy atom. The Balaban J connectivity index is 1.90. The van der Waals surface area contributed by atoms with Crippen LogP contribution in [0.15, 0.2) is 18.2 Å². The van der Waals surface area contributed by atoms with Gasteiger partial charge in [-0.25, -0.2) is 4.79 Å². The molecule has 10 heteroatoms. The van der Waals surface area contributed by atoms with Crippen LogP contribution >= 0.6 is 0 Å². The number of urea groups is 1. The van der Waals surface area contributed by atoms with Crippen molar-refractivity contribution in [1.29, 1.82) is 0 Å². The number of hydrogen-bond donors (Lipinski definition) is 3. The van der Waals surface area contributed by atoms with Gasteiger partial charge in [0.2, 0.25) is 5.91 Å². The van der Waals surface area contributed by atoms with Crippen molar-refractivity contribution in [1.82, 2.24) is 15.1 Å². The molecule has 0 bridgehead atoms. The lowest BCUT2D eigenvalue weighted by Gasteiger charge is -2.36. The van der Waals surface area contributed by atoms with Crippen molar-refractivity contribution >= 4 is 23.5 Å². The number of nitrogens with zero attached hydrogens (tertiary/aromatic N) is 2. The molecular weight excluding hydrogens is 548 g/mol. The van der Waals surface area contributed by atoms with E-state index in [2.05, 4.69) is 10.6 Å². The molecule has 1 aromatic carbocycles. The number of nitrogens with one attached hydrogen (secondary N) is 2. The summed E-state index contributed by atoms with van der Waals surface area (Å²) >= 11 is 0. The summed E-state index contributed by atoms with van der Waals surface area (Å²) in [5.41, 5.74) is 0.789. The Bertz CT molecular complexity index is 1060. The summed E-state index contributed by atoms with van der Waals surface area (Å²) in [6, 6.07) is 4.21. The number of ether oxygens (including phenoxy) is 2. The molecule has 1 saturated carbocycles. The van der Waals surface area contributed by atoms with Crippen molar-refractivity contribution in [2.24, 2.45) is 11.8 Å². The number of benzene rings is 1. The second kappa shape index (κ2) is 16.9. The van der Waals surface area contributed by atoms with E-state index >= 15 is 0 Å². The third-order valence-corrected chi connectivity index (χ3v) is 8.51. The highest BCUT2D eigenvalue weighted by Crippen LogP contribution is 2.29. The molecule has 4 atom stereocenters. The lowest BCUT2D eigenvalue weighted by molar-refractivity contribution is -0.137. The predicted octanol–water partition coefficient (Wildman–Crippen LogP) is 5.05. The summed E-state index contributed by atoms with van der Waals surface area (Å²) in [4.78, 5) is 43.4. The molecule has 43 heavy (non-hydrogen) atoms. The van der Waals surface area contributed by atoms with Gasteiger partial charge in [0.05, 0.1) is 30.4 Å². The highest BCUT2D eigenvalue weighted by atomic mass is 16.5. The first kappa shape index (κ1) is 34.6. The van der Waals surface area contributed by atoms with E-state index in [4.69, 9.17) is 9.47 Å². The molecule has 0 aromatic heterocycles. The molecule has 0 spiro atoms. The number of anilines is 1. The Morgan fingerprint density at radius 1 is 1.07 bits per heavy atom. The lowest BCUT2D eigenvalue weighted by Crippen LogP contribution is -2.48. The van der Waals surface area contributed by atoms with Crippen LogP contribution in [0.3, 0.4) is 0 Å². The first-order chi connectivity index (χ1) is 20.5. The molecule has 3 rings (SSSR count). The van der Waals surface area contributed by atoms with Gasteiger partial charge in [0.25, 0.3) is 5.91 Å². The molecule has 4 amide bonds. The number of aliphatic hydroxyl groups is 1. The summed E-state index contributed by atoms with van der Waals surface area (Å²) in [5.74, 6) is 0.268. The summed E-state index contributed by atoms with van der Waals surface area (Å²) < 4.78 is 12.7. The quantitative estimate of drug-likeness (QED) is 0.402. The van der Waals surface area contributed by atoms with Gasteiger partial charge in [-0.1, -0.05) is 26.2 Å². The Kier molecular flexibility index (Phi) is 13.6. The number of rotatable bonds is 7. The van der Waals surface area contributed by atoms with E-state index in [0.29, 0.717) is 36.7 Å². The summed E-state index contributed by atoms with van der Waals surface area (Å²) in [6.45, 7) is 10.7. The molecule has 0 unspecified atom stereocenters. The van der Waals surface area contributed by atoms with Crippen LogP contribution in [0.5, 0.6) is 5.75 Å². The molecule has 1 heterocycles. The maximum absolute atomic E-state index is 14.2. The standard InChI is InChI=1S/C33H54N4O6/c1-22(2)34-33(41)35-27-15-16-29-28(18-27)32(40)37(24(4)21-38)19-23(3)30(42-17-11-10-12-25(5)43-29)20-36(6)31(39)26-13-8-7-9-14-26/h15-16,18,22-26,30,38H,7-14,17,19-21H2,1-6H3,(H2,34,35,41)/t23-,24-,25-,30+/m1/s1. The lowest BCUT2D eigenvalue weighted by atomic mass is 9.88. The highest BCUT2D eigenvalue weighted by Gasteiger charge is 2.32. The van der Waals surface area contributed by atoms with E-state index in [0.717, 1.165) is 44.9 Å². The van der Waals surface area contributed by atoms with E-state index in [-0.39, 0.29) is 54.5 Å². The van der Waals surface area contributed by atoms with Crippen molar-refractivity contribution in [3.63, 3.8) is 0 Å². The SMILES string of the molecule is CC(C)NC(=O)Nc1ccc2c(c1)C(=O)N([C@H](C)CO)C[C@@H](C)[C@H](CN(C)C(=O)C1CCCCC1)OCCCC[C@@H](C)O2. The molecule has 2 aliphatic rings. The predicted molar refractivity (Wildman–Crippen MR) is 168 cm³/mol. The maximum Gasteiger partial charge on any atom is 0.319 e. The van der Waals surface area contributed by atoms with Crippen LogP contribution in [0, 0.1) is 11.8 Å². The average molecular weight is 603 g/mol. The van der Waals surface area contributed by atoms with Gasteiger partial charge in [0.15, 0.2) is 0 Å². The third-order valence-electron chi connectivity index (χ3n) is 8.51. The van der Waals surface area contributed by atoms with Crippen molar-refractivity contribution in [3.05, 3.63) is 23.8 Å². The monoisotopic (exact) mass is 602 g/mol. The average Bonchev–Trinajstić information content (AvgIpc) is 2.98. The molecule has 242 valence electrons. The van der Waals surface area contributed by atoms with E-state index < -0.39 is 6.04 Å². The van der Waals surface area contributed by atoms with Gasteiger partial charge in [0, 0.05) is 50.3 Å². The van der Waals surface area contributed by atoms with Crippen molar-refractivity contribution in [2.75, 3.05) is 38.7 Å². The van der Waals surface area contributed by atoms with Gasteiger partial charge in [-0.2, -0.15) is 0 Å². The van der Waals surface area contributed by atoms with Crippen LogP contribution in [0.2, 0.25) is 0 Å². The minimum atomic E-state index is -0.476. The molecule has 1 aromatic rings. The number of fused-ring (bicyclic) bond motifs is 1. The summed E-state index contributed by atoms with van der Waals surface area (Å²) in [6.07, 6.45) is 7.38. The number of amides is 4. The van der Waals surface area contributed by atoms with Gasteiger partial charge >= 0.3 is 6.03 Å². The van der Waals surface area contributed by atoms with Crippen LogP contribution in [0.25, 0.3) is 0 Å². The van der Waals surface area contributed by atoms with Crippen LogP contribution in [-0.4, -0.2) is 90.4 Å². The fraction of sp³-hybridized carbons (Fsp3) is 0.727. The number of hydrogen-bond acceptors (Lipinski definition) is 6. The molecule has 0 radical (unpaired) electrons. The van der Waals surface area contributed by atoms with Crippen molar-refractivity contribution < 1.29 is 29.0 Å². The molecule has 0 saturated heterocycles. The molecule has 1 aliphatic carbocycles.